The number of hydrogen-bond donors (Lipinski definition) is 0. The number of nitrogens with zero attached hydrogens (tertiary/aromatic N) is 3. The van der Waals surface area contributed by atoms with E-state index < -0.39 is 0 Å². The van der Waals surface area contributed by atoms with Crippen molar-refractivity contribution < 1.29 is 18.7 Å². The van der Waals surface area contributed by atoms with E-state index >= 15 is 0 Å². The molecule has 0 N–H and O–H groups in total. The smallest absolute Gasteiger partial charge is 0.289 e. The van der Waals surface area contributed by atoms with Gasteiger partial charge in [0, 0.05) is 45.5 Å². The topological polar surface area (TPSA) is 66.2 Å². The average Bonchev–Trinajstić information content (AvgIpc) is 3.35. The number of carbonyl (C=O) groups excluding carboxylic acids is 2. The van der Waals surface area contributed by atoms with Crippen LogP contribution in [0.3, 0.4) is 0 Å². The molecular weight excluding hydrogens is 358 g/mol. The highest BCUT2D eigenvalue weighted by Gasteiger charge is 2.28. The molecule has 2 aliphatic rings. The maximum absolute atomic E-state index is 12.8. The van der Waals surface area contributed by atoms with Crippen LogP contribution in [0.2, 0.25) is 0 Å². The number of hydrogen-bond acceptors (Lipinski definition) is 5. The highest BCUT2D eigenvalue weighted by molar-refractivity contribution is 5.96. The van der Waals surface area contributed by atoms with E-state index in [1.54, 1.807) is 24.1 Å². The molecule has 7 heteroatoms. The Balaban J connectivity index is 1.29. The Labute approximate surface area is 164 Å². The zero-order valence-corrected chi connectivity index (χ0v) is 16.1. The average molecular weight is 383 g/mol. The van der Waals surface area contributed by atoms with Crippen LogP contribution in [0.1, 0.15) is 21.9 Å². The predicted octanol–water partition coefficient (Wildman–Crippen LogP) is 1.77. The third-order valence-corrected chi connectivity index (χ3v) is 5.37. The summed E-state index contributed by atoms with van der Waals surface area (Å²) >= 11 is 0. The van der Waals surface area contributed by atoms with Crippen molar-refractivity contribution in [1.29, 1.82) is 0 Å². The first-order chi connectivity index (χ1) is 13.7. The molecule has 3 heterocycles. The zero-order chi connectivity index (χ0) is 19.5. The van der Waals surface area contributed by atoms with Gasteiger partial charge in [-0.05, 0) is 30.2 Å². The summed E-state index contributed by atoms with van der Waals surface area (Å²) in [6, 6.07) is 11.5. The minimum atomic E-state index is -0.109. The molecule has 2 aromatic rings. The van der Waals surface area contributed by atoms with Crippen molar-refractivity contribution in [2.24, 2.45) is 0 Å². The van der Waals surface area contributed by atoms with Crippen LogP contribution in [0.4, 0.5) is 5.69 Å². The third kappa shape index (κ3) is 3.81. The second kappa shape index (κ2) is 8.16. The van der Waals surface area contributed by atoms with E-state index in [2.05, 4.69) is 11.0 Å². The maximum atomic E-state index is 12.8. The number of rotatable bonds is 5. The first kappa shape index (κ1) is 18.7. The molecule has 2 amide bonds. The van der Waals surface area contributed by atoms with Crippen molar-refractivity contribution in [2.75, 3.05) is 51.3 Å². The summed E-state index contributed by atoms with van der Waals surface area (Å²) in [6.45, 7) is 4.01. The normalized spacial score (nSPS) is 17.0. The molecule has 148 valence electrons. The molecule has 0 aliphatic carbocycles. The number of anilines is 1. The van der Waals surface area contributed by atoms with Gasteiger partial charge in [0.05, 0.1) is 6.54 Å². The Bertz CT molecular complexity index is 855. The number of para-hydroxylation sites is 1. The Morgan fingerprint density at radius 3 is 2.61 bits per heavy atom. The Kier molecular flexibility index (Phi) is 5.45. The fourth-order valence-electron chi connectivity index (χ4n) is 3.85. The van der Waals surface area contributed by atoms with Crippen LogP contribution >= 0.6 is 0 Å². The molecule has 1 saturated heterocycles. The SMILES string of the molecule is COCc1ccc(C(=O)N2CCN(CC(=O)N3CCc4ccccc43)CC2)o1. The number of amides is 2. The van der Waals surface area contributed by atoms with Crippen molar-refractivity contribution >= 4 is 17.5 Å². The molecule has 1 aromatic heterocycles. The van der Waals surface area contributed by atoms with Crippen LogP contribution in [0, 0.1) is 0 Å². The number of methoxy groups -OCH3 is 1. The molecule has 0 spiro atoms. The molecule has 7 nitrogen and oxygen atoms in total. The lowest BCUT2D eigenvalue weighted by atomic mass is 10.2. The molecule has 0 bridgehead atoms. The van der Waals surface area contributed by atoms with Gasteiger partial charge >= 0.3 is 0 Å². The minimum absolute atomic E-state index is 0.109. The molecule has 2 aliphatic heterocycles. The second-order valence-electron chi connectivity index (χ2n) is 7.19. The van der Waals surface area contributed by atoms with Crippen LogP contribution in [0.5, 0.6) is 0 Å². The third-order valence-electron chi connectivity index (χ3n) is 5.37. The summed E-state index contributed by atoms with van der Waals surface area (Å²) in [5.41, 5.74) is 2.27. The number of fused-ring (bicyclic) bond motifs is 1. The molecule has 1 fully saturated rings. The molecule has 0 atom stereocenters. The highest BCUT2D eigenvalue weighted by Crippen LogP contribution is 2.27. The lowest BCUT2D eigenvalue weighted by Gasteiger charge is -2.34. The van der Waals surface area contributed by atoms with Gasteiger partial charge < -0.3 is 19.0 Å². The monoisotopic (exact) mass is 383 g/mol. The molecule has 0 radical (unpaired) electrons. The Hall–Kier alpha value is -2.64. The summed E-state index contributed by atoms with van der Waals surface area (Å²) in [5, 5.41) is 0. The van der Waals surface area contributed by atoms with E-state index in [4.69, 9.17) is 9.15 Å². The summed E-state index contributed by atoms with van der Waals surface area (Å²) in [7, 11) is 1.59. The molecule has 4 rings (SSSR count). The standard InChI is InChI=1S/C21H25N3O4/c1-27-15-17-6-7-19(28-17)21(26)23-12-10-22(11-13-23)14-20(25)24-9-8-16-4-2-3-5-18(16)24/h2-7H,8-15H2,1H3. The second-order valence-corrected chi connectivity index (χ2v) is 7.19. The van der Waals surface area contributed by atoms with E-state index in [0.717, 1.165) is 18.7 Å². The van der Waals surface area contributed by atoms with Crippen LogP contribution in [-0.4, -0.2) is 68.0 Å². The predicted molar refractivity (Wildman–Crippen MR) is 104 cm³/mol. The first-order valence-corrected chi connectivity index (χ1v) is 9.63. The van der Waals surface area contributed by atoms with Crippen molar-refractivity contribution in [2.45, 2.75) is 13.0 Å². The minimum Gasteiger partial charge on any atom is -0.453 e. The fraction of sp³-hybridized carbons (Fsp3) is 0.429. The molecular formula is C21H25N3O4. The van der Waals surface area contributed by atoms with Gasteiger partial charge in [-0.15, -0.1) is 0 Å². The van der Waals surface area contributed by atoms with Gasteiger partial charge in [0.15, 0.2) is 5.76 Å². The highest BCUT2D eigenvalue weighted by atomic mass is 16.5. The van der Waals surface area contributed by atoms with Gasteiger partial charge in [-0.25, -0.2) is 0 Å². The number of ether oxygens (including phenoxy) is 1. The number of piperazine rings is 1. The quantitative estimate of drug-likeness (QED) is 0.787. The van der Waals surface area contributed by atoms with Crippen molar-refractivity contribution in [1.82, 2.24) is 9.80 Å². The largest absolute Gasteiger partial charge is 0.453 e. The van der Waals surface area contributed by atoms with E-state index in [0.29, 0.717) is 50.9 Å². The van der Waals surface area contributed by atoms with Crippen LogP contribution in [0.15, 0.2) is 40.8 Å². The molecule has 0 unspecified atom stereocenters. The van der Waals surface area contributed by atoms with Gasteiger partial charge in [0.2, 0.25) is 5.91 Å². The molecule has 1 aromatic carbocycles. The van der Waals surface area contributed by atoms with Crippen LogP contribution < -0.4 is 4.90 Å². The first-order valence-electron chi connectivity index (χ1n) is 9.63. The van der Waals surface area contributed by atoms with E-state index in [9.17, 15) is 9.59 Å². The lowest BCUT2D eigenvalue weighted by molar-refractivity contribution is -0.120. The van der Waals surface area contributed by atoms with Gasteiger partial charge in [-0.3, -0.25) is 14.5 Å². The van der Waals surface area contributed by atoms with Crippen molar-refractivity contribution in [3.63, 3.8) is 0 Å². The van der Waals surface area contributed by atoms with Gasteiger partial charge in [0.1, 0.15) is 12.4 Å². The zero-order valence-electron chi connectivity index (χ0n) is 16.1. The number of benzene rings is 1. The number of carbonyl (C=O) groups is 2. The summed E-state index contributed by atoms with van der Waals surface area (Å²) in [4.78, 5) is 31.1. The van der Waals surface area contributed by atoms with Gasteiger partial charge in [-0.2, -0.15) is 0 Å². The van der Waals surface area contributed by atoms with Gasteiger partial charge in [0.25, 0.3) is 5.91 Å². The van der Waals surface area contributed by atoms with E-state index in [-0.39, 0.29) is 11.8 Å². The van der Waals surface area contributed by atoms with Crippen LogP contribution in [0.25, 0.3) is 0 Å². The number of furan rings is 1. The summed E-state index contributed by atoms with van der Waals surface area (Å²) in [5.74, 6) is 0.994. The Morgan fingerprint density at radius 2 is 1.82 bits per heavy atom. The van der Waals surface area contributed by atoms with E-state index in [1.165, 1.54) is 5.56 Å². The van der Waals surface area contributed by atoms with Gasteiger partial charge in [-0.1, -0.05) is 18.2 Å². The summed E-state index contributed by atoms with van der Waals surface area (Å²) < 4.78 is 10.6. The van der Waals surface area contributed by atoms with E-state index in [1.807, 2.05) is 23.1 Å². The van der Waals surface area contributed by atoms with Crippen molar-refractivity contribution in [3.8, 4) is 0 Å². The molecule has 28 heavy (non-hydrogen) atoms. The van der Waals surface area contributed by atoms with Crippen molar-refractivity contribution in [3.05, 3.63) is 53.5 Å². The fourth-order valence-corrected chi connectivity index (χ4v) is 3.85. The summed E-state index contributed by atoms with van der Waals surface area (Å²) in [6.07, 6.45) is 0.915. The molecule has 0 saturated carbocycles. The Morgan fingerprint density at radius 1 is 1.04 bits per heavy atom. The lowest BCUT2D eigenvalue weighted by Crippen LogP contribution is -2.51. The van der Waals surface area contributed by atoms with Crippen LogP contribution in [-0.2, 0) is 22.6 Å². The maximum Gasteiger partial charge on any atom is 0.289 e.